The summed E-state index contributed by atoms with van der Waals surface area (Å²) in [6.07, 6.45) is 0. The number of amides is 1. The molecule has 0 saturated heterocycles. The summed E-state index contributed by atoms with van der Waals surface area (Å²) in [5, 5.41) is 12.7. The van der Waals surface area contributed by atoms with Gasteiger partial charge in [0.1, 0.15) is 0 Å². The van der Waals surface area contributed by atoms with Crippen LogP contribution in [-0.4, -0.2) is 31.5 Å². The van der Waals surface area contributed by atoms with E-state index in [0.29, 0.717) is 5.69 Å². The maximum absolute atomic E-state index is 11.2. The first-order valence-corrected chi connectivity index (χ1v) is 4.68. The second-order valence-electron chi connectivity index (χ2n) is 3.45. The fraction of sp³-hybridized carbons (Fsp3) is 0.300. The van der Waals surface area contributed by atoms with Gasteiger partial charge >= 0.3 is 0 Å². The molecule has 0 aromatic heterocycles. The monoisotopic (exact) mass is 223 g/mol. The lowest BCUT2D eigenvalue weighted by Crippen LogP contribution is -2.23. The van der Waals surface area contributed by atoms with Gasteiger partial charge in [-0.15, -0.1) is 0 Å². The van der Waals surface area contributed by atoms with E-state index >= 15 is 0 Å². The predicted molar refractivity (Wildman–Crippen MR) is 61.3 cm³/mol. The fourth-order valence-electron chi connectivity index (χ4n) is 1.28. The van der Waals surface area contributed by atoms with Crippen molar-refractivity contribution in [3.05, 3.63) is 34.4 Å². The molecule has 0 aliphatic rings. The Kier molecular flexibility index (Phi) is 3.82. The summed E-state index contributed by atoms with van der Waals surface area (Å²) in [4.78, 5) is 22.5. The summed E-state index contributed by atoms with van der Waals surface area (Å²) in [7, 11) is 3.66. The number of anilines is 2. The summed E-state index contributed by atoms with van der Waals surface area (Å²) in [5.41, 5.74) is 1.37. The third kappa shape index (κ3) is 3.23. The molecule has 86 valence electrons. The molecule has 1 amide bonds. The molecule has 1 aromatic carbocycles. The van der Waals surface area contributed by atoms with Crippen LogP contribution in [0.1, 0.15) is 0 Å². The van der Waals surface area contributed by atoms with Crippen molar-refractivity contribution in [2.45, 2.75) is 0 Å². The third-order valence-corrected chi connectivity index (χ3v) is 1.93. The summed E-state index contributed by atoms with van der Waals surface area (Å²) >= 11 is 0. The maximum Gasteiger partial charge on any atom is 0.296 e. The highest BCUT2D eigenvalue weighted by molar-refractivity contribution is 5.94. The number of nitrogens with one attached hydrogen (secondary N) is 1. The molecule has 6 nitrogen and oxygen atoms in total. The van der Waals surface area contributed by atoms with E-state index in [-0.39, 0.29) is 0 Å². The molecule has 0 radical (unpaired) electrons. The van der Waals surface area contributed by atoms with Gasteiger partial charge in [-0.2, -0.15) is 0 Å². The molecular formula is C10H13N3O3. The quantitative estimate of drug-likeness (QED) is 0.609. The minimum atomic E-state index is -0.720. The molecule has 16 heavy (non-hydrogen) atoms. The Hall–Kier alpha value is -2.11. The van der Waals surface area contributed by atoms with Gasteiger partial charge in [-0.3, -0.25) is 14.9 Å². The van der Waals surface area contributed by atoms with Gasteiger partial charge in [0.05, 0.1) is 11.4 Å². The van der Waals surface area contributed by atoms with Crippen molar-refractivity contribution < 1.29 is 9.72 Å². The number of benzene rings is 1. The first-order valence-electron chi connectivity index (χ1n) is 4.68. The molecule has 0 atom stereocenters. The zero-order chi connectivity index (χ0) is 12.1. The average molecular weight is 223 g/mol. The van der Waals surface area contributed by atoms with Crippen molar-refractivity contribution in [1.29, 1.82) is 0 Å². The molecule has 0 aliphatic heterocycles. The van der Waals surface area contributed by atoms with E-state index in [1.165, 1.54) is 0 Å². The van der Waals surface area contributed by atoms with Gasteiger partial charge in [0, 0.05) is 19.0 Å². The van der Waals surface area contributed by atoms with Crippen LogP contribution < -0.4 is 10.2 Å². The normalized spacial score (nSPS) is 9.62. The van der Waals surface area contributed by atoms with Gasteiger partial charge in [0.25, 0.3) is 12.5 Å². The Labute approximate surface area is 93.0 Å². The number of nitro groups is 1. The van der Waals surface area contributed by atoms with Gasteiger partial charge in [0.15, 0.2) is 0 Å². The van der Waals surface area contributed by atoms with Gasteiger partial charge in [-0.25, -0.2) is 0 Å². The highest BCUT2D eigenvalue weighted by atomic mass is 16.6. The van der Waals surface area contributed by atoms with Crippen LogP contribution in [-0.2, 0) is 4.79 Å². The first kappa shape index (κ1) is 12.0. The van der Waals surface area contributed by atoms with E-state index in [0.717, 1.165) is 5.69 Å². The molecule has 0 saturated carbocycles. The number of nitrogens with zero attached hydrogens (tertiary/aromatic N) is 2. The second-order valence-corrected chi connectivity index (χ2v) is 3.45. The second kappa shape index (κ2) is 5.11. The van der Waals surface area contributed by atoms with E-state index in [1.54, 1.807) is 12.1 Å². The zero-order valence-electron chi connectivity index (χ0n) is 9.14. The van der Waals surface area contributed by atoms with Crippen molar-refractivity contribution in [2.75, 3.05) is 30.9 Å². The topological polar surface area (TPSA) is 75.5 Å². The number of hydrogen-bond acceptors (Lipinski definition) is 4. The van der Waals surface area contributed by atoms with Crippen molar-refractivity contribution in [2.24, 2.45) is 0 Å². The highest BCUT2D eigenvalue weighted by Crippen LogP contribution is 2.23. The van der Waals surface area contributed by atoms with E-state index < -0.39 is 17.4 Å². The first-order chi connectivity index (χ1) is 7.50. The molecule has 0 unspecified atom stereocenters. The van der Waals surface area contributed by atoms with E-state index in [4.69, 9.17) is 0 Å². The number of hydrogen-bond donors (Lipinski definition) is 1. The molecule has 0 spiro atoms. The zero-order valence-corrected chi connectivity index (χ0v) is 9.14. The lowest BCUT2D eigenvalue weighted by atomic mass is 10.2. The van der Waals surface area contributed by atoms with Crippen LogP contribution in [0.4, 0.5) is 11.4 Å². The maximum atomic E-state index is 11.2. The average Bonchev–Trinajstić information content (AvgIpc) is 2.16. The summed E-state index contributed by atoms with van der Waals surface area (Å²) in [6, 6.07) is 7.11. The van der Waals surface area contributed by atoms with Gasteiger partial charge in [0.2, 0.25) is 0 Å². The van der Waals surface area contributed by atoms with Gasteiger partial charge in [-0.05, 0) is 12.1 Å². The summed E-state index contributed by atoms with van der Waals surface area (Å²) < 4.78 is 0. The Morgan fingerprint density at radius 3 is 2.62 bits per heavy atom. The SMILES string of the molecule is CN(C)c1ccccc1NC(=O)C[N+](=O)[O-]. The molecule has 0 fully saturated rings. The molecule has 6 heteroatoms. The Morgan fingerprint density at radius 1 is 1.44 bits per heavy atom. The number of rotatable bonds is 4. The Bertz CT molecular complexity index is 404. The third-order valence-electron chi connectivity index (χ3n) is 1.93. The van der Waals surface area contributed by atoms with Crippen LogP contribution in [0.2, 0.25) is 0 Å². The van der Waals surface area contributed by atoms with Gasteiger partial charge < -0.3 is 10.2 Å². The van der Waals surface area contributed by atoms with Crippen LogP contribution in [0.15, 0.2) is 24.3 Å². The smallest absolute Gasteiger partial charge is 0.296 e. The van der Waals surface area contributed by atoms with E-state index in [2.05, 4.69) is 5.32 Å². The summed E-state index contributed by atoms with van der Waals surface area (Å²) in [6.45, 7) is -0.720. The molecule has 0 heterocycles. The highest BCUT2D eigenvalue weighted by Gasteiger charge is 2.12. The molecule has 1 aromatic rings. The lowest BCUT2D eigenvalue weighted by Gasteiger charge is -2.16. The van der Waals surface area contributed by atoms with Crippen LogP contribution >= 0.6 is 0 Å². The van der Waals surface area contributed by atoms with Crippen molar-refractivity contribution in [3.63, 3.8) is 0 Å². The van der Waals surface area contributed by atoms with Gasteiger partial charge in [-0.1, -0.05) is 12.1 Å². The van der Waals surface area contributed by atoms with E-state index in [9.17, 15) is 14.9 Å². The lowest BCUT2D eigenvalue weighted by molar-refractivity contribution is -0.467. The molecular weight excluding hydrogens is 210 g/mol. The van der Waals surface area contributed by atoms with Crippen LogP contribution in [0.5, 0.6) is 0 Å². The van der Waals surface area contributed by atoms with Crippen LogP contribution in [0.3, 0.4) is 0 Å². The largest absolute Gasteiger partial charge is 0.376 e. The number of carbonyl (C=O) groups is 1. The van der Waals surface area contributed by atoms with E-state index in [1.807, 2.05) is 31.1 Å². The molecule has 1 N–H and O–H groups in total. The molecule has 0 aliphatic carbocycles. The Morgan fingerprint density at radius 2 is 2.06 bits per heavy atom. The number of carbonyl (C=O) groups excluding carboxylic acids is 1. The van der Waals surface area contributed by atoms with Crippen molar-refractivity contribution in [1.82, 2.24) is 0 Å². The minimum absolute atomic E-state index is 0.569. The molecule has 0 bridgehead atoms. The molecule has 1 rings (SSSR count). The van der Waals surface area contributed by atoms with Crippen LogP contribution in [0.25, 0.3) is 0 Å². The van der Waals surface area contributed by atoms with Crippen molar-refractivity contribution in [3.8, 4) is 0 Å². The van der Waals surface area contributed by atoms with Crippen molar-refractivity contribution >= 4 is 17.3 Å². The minimum Gasteiger partial charge on any atom is -0.376 e. The van der Waals surface area contributed by atoms with Crippen LogP contribution in [0, 0.1) is 10.1 Å². The fourth-order valence-corrected chi connectivity index (χ4v) is 1.28. The number of para-hydroxylation sites is 2. The Balaban J connectivity index is 2.80. The predicted octanol–water partition coefficient (Wildman–Crippen LogP) is 0.968. The summed E-state index contributed by atoms with van der Waals surface area (Å²) in [5.74, 6) is -0.626. The standard InChI is InChI=1S/C10H13N3O3/c1-12(2)9-6-4-3-5-8(9)11-10(14)7-13(15)16/h3-6H,7H2,1-2H3,(H,11,14).